The summed E-state index contributed by atoms with van der Waals surface area (Å²) < 4.78 is 32.8. The van der Waals surface area contributed by atoms with Crippen molar-refractivity contribution < 1.29 is 13.2 Å². The molecule has 3 N–H and O–H groups in total. The summed E-state index contributed by atoms with van der Waals surface area (Å²) in [6, 6.07) is 5.06. The third-order valence-electron chi connectivity index (χ3n) is 3.67. The number of hydrogen-bond acceptors (Lipinski definition) is 4. The third kappa shape index (κ3) is 3.31. The van der Waals surface area contributed by atoms with Crippen LogP contribution in [0, 0.1) is 5.92 Å². The van der Waals surface area contributed by atoms with E-state index < -0.39 is 10.0 Å². The smallest absolute Gasteiger partial charge is 0.241 e. The fourth-order valence-corrected chi connectivity index (χ4v) is 4.09. The van der Waals surface area contributed by atoms with Gasteiger partial charge in [-0.05, 0) is 55.5 Å². The number of nitrogens with one attached hydrogen (secondary N) is 1. The van der Waals surface area contributed by atoms with Gasteiger partial charge >= 0.3 is 0 Å². The van der Waals surface area contributed by atoms with Crippen LogP contribution in [0.5, 0.6) is 5.75 Å². The summed E-state index contributed by atoms with van der Waals surface area (Å²) in [7, 11) is -1.92. The molecular weight excluding hydrogens is 276 g/mol. The van der Waals surface area contributed by atoms with Crippen molar-refractivity contribution >= 4 is 10.0 Å². The Bertz CT molecular complexity index is 566. The molecule has 5 nitrogen and oxygen atoms in total. The molecule has 0 amide bonds. The molecule has 0 spiro atoms. The van der Waals surface area contributed by atoms with E-state index in [1.54, 1.807) is 25.3 Å². The molecule has 0 heterocycles. The zero-order chi connectivity index (χ0) is 14.8. The van der Waals surface area contributed by atoms with Gasteiger partial charge in [-0.15, -0.1) is 0 Å². The molecule has 20 heavy (non-hydrogen) atoms. The lowest BCUT2D eigenvalue weighted by Gasteiger charge is -2.33. The van der Waals surface area contributed by atoms with E-state index in [0.29, 0.717) is 35.1 Å². The zero-order valence-electron chi connectivity index (χ0n) is 11.9. The van der Waals surface area contributed by atoms with Crippen LogP contribution in [0.1, 0.15) is 25.3 Å². The Kier molecular flexibility index (Phi) is 4.67. The highest BCUT2D eigenvalue weighted by molar-refractivity contribution is 7.89. The molecule has 1 aliphatic rings. The van der Waals surface area contributed by atoms with Crippen molar-refractivity contribution in [2.45, 2.75) is 37.1 Å². The molecule has 0 bridgehead atoms. The van der Waals surface area contributed by atoms with Crippen molar-refractivity contribution in [2.24, 2.45) is 11.7 Å². The minimum absolute atomic E-state index is 0.0582. The van der Waals surface area contributed by atoms with Crippen molar-refractivity contribution in [3.8, 4) is 5.75 Å². The van der Waals surface area contributed by atoms with Crippen molar-refractivity contribution in [2.75, 3.05) is 13.7 Å². The number of methoxy groups -OCH3 is 1. The van der Waals surface area contributed by atoms with Crippen molar-refractivity contribution in [1.82, 2.24) is 4.72 Å². The average Bonchev–Trinajstić information content (AvgIpc) is 2.36. The highest BCUT2D eigenvalue weighted by Crippen LogP contribution is 2.29. The molecule has 2 rings (SSSR count). The van der Waals surface area contributed by atoms with Gasteiger partial charge in [0.2, 0.25) is 10.0 Å². The summed E-state index contributed by atoms with van der Waals surface area (Å²) in [5, 5.41) is 0. The highest BCUT2D eigenvalue weighted by atomic mass is 32.2. The molecule has 1 aliphatic carbocycles. The number of ether oxygens (including phenoxy) is 1. The van der Waals surface area contributed by atoms with Gasteiger partial charge in [0.25, 0.3) is 0 Å². The first kappa shape index (κ1) is 15.3. The Morgan fingerprint density at radius 1 is 1.40 bits per heavy atom. The molecule has 0 aliphatic heterocycles. The fraction of sp³-hybridized carbons (Fsp3) is 0.571. The molecule has 1 aromatic carbocycles. The third-order valence-corrected chi connectivity index (χ3v) is 5.29. The molecule has 6 heteroatoms. The van der Waals surface area contributed by atoms with E-state index in [1.807, 2.05) is 0 Å². The molecule has 0 aromatic heterocycles. The van der Waals surface area contributed by atoms with Gasteiger partial charge in [0, 0.05) is 6.04 Å². The van der Waals surface area contributed by atoms with Crippen LogP contribution in [0.25, 0.3) is 0 Å². The van der Waals surface area contributed by atoms with Crippen LogP contribution >= 0.6 is 0 Å². The van der Waals surface area contributed by atoms with Gasteiger partial charge < -0.3 is 10.5 Å². The molecule has 0 radical (unpaired) electrons. The second kappa shape index (κ2) is 6.11. The van der Waals surface area contributed by atoms with Gasteiger partial charge in [0.15, 0.2) is 0 Å². The minimum atomic E-state index is -3.48. The van der Waals surface area contributed by atoms with Gasteiger partial charge in [-0.3, -0.25) is 0 Å². The van der Waals surface area contributed by atoms with E-state index in [0.717, 1.165) is 12.8 Å². The van der Waals surface area contributed by atoms with E-state index in [9.17, 15) is 8.42 Å². The van der Waals surface area contributed by atoms with Crippen LogP contribution in [0.15, 0.2) is 23.1 Å². The maximum atomic E-state index is 12.4. The van der Waals surface area contributed by atoms with Gasteiger partial charge in [-0.25, -0.2) is 13.1 Å². The number of hydrogen-bond donors (Lipinski definition) is 2. The maximum Gasteiger partial charge on any atom is 0.241 e. The molecule has 0 saturated heterocycles. The quantitative estimate of drug-likeness (QED) is 0.829. The lowest BCUT2D eigenvalue weighted by atomic mass is 9.83. The van der Waals surface area contributed by atoms with E-state index in [1.165, 1.54) is 0 Å². The molecule has 1 fully saturated rings. The normalized spacial score (nSPS) is 22.4. The Hall–Kier alpha value is -1.11. The molecule has 0 unspecified atom stereocenters. The highest BCUT2D eigenvalue weighted by Gasteiger charge is 2.30. The Morgan fingerprint density at radius 2 is 2.10 bits per heavy atom. The van der Waals surface area contributed by atoms with Crippen LogP contribution in [0.2, 0.25) is 0 Å². The largest absolute Gasteiger partial charge is 0.497 e. The first-order chi connectivity index (χ1) is 9.46. The van der Waals surface area contributed by atoms with E-state index in [4.69, 9.17) is 10.5 Å². The summed E-state index contributed by atoms with van der Waals surface area (Å²) in [4.78, 5) is 0.309. The summed E-state index contributed by atoms with van der Waals surface area (Å²) in [5.74, 6) is 1.24. The lowest BCUT2D eigenvalue weighted by Crippen LogP contribution is -2.43. The maximum absolute atomic E-state index is 12.4. The van der Waals surface area contributed by atoms with Gasteiger partial charge in [0.05, 0.1) is 12.0 Å². The second-order valence-corrected chi connectivity index (χ2v) is 7.09. The predicted octanol–water partition coefficient (Wildman–Crippen LogP) is 1.27. The van der Waals surface area contributed by atoms with Crippen LogP contribution in [-0.4, -0.2) is 28.1 Å². The minimum Gasteiger partial charge on any atom is -0.497 e. The zero-order valence-corrected chi connectivity index (χ0v) is 12.7. The summed E-state index contributed by atoms with van der Waals surface area (Å²) in [5.41, 5.74) is 6.27. The summed E-state index contributed by atoms with van der Waals surface area (Å²) in [6.45, 7) is 2.52. The second-order valence-electron chi connectivity index (χ2n) is 5.41. The Morgan fingerprint density at radius 3 is 2.65 bits per heavy atom. The predicted molar refractivity (Wildman–Crippen MR) is 78.3 cm³/mol. The molecule has 112 valence electrons. The molecule has 0 atom stereocenters. The number of rotatable bonds is 6. The van der Waals surface area contributed by atoms with E-state index in [2.05, 4.69) is 11.6 Å². The summed E-state index contributed by atoms with van der Waals surface area (Å²) in [6.07, 6.45) is 2.32. The van der Waals surface area contributed by atoms with Crippen molar-refractivity contribution in [3.05, 3.63) is 23.8 Å². The fourth-order valence-electron chi connectivity index (χ4n) is 2.58. The number of benzene rings is 1. The van der Waals surface area contributed by atoms with Crippen LogP contribution in [0.3, 0.4) is 0 Å². The van der Waals surface area contributed by atoms with Crippen molar-refractivity contribution in [3.63, 3.8) is 0 Å². The average molecular weight is 298 g/mol. The van der Waals surface area contributed by atoms with E-state index >= 15 is 0 Å². The molecular formula is C14H22N2O3S. The van der Waals surface area contributed by atoms with Gasteiger partial charge in [0.1, 0.15) is 5.75 Å². The first-order valence-electron chi connectivity index (χ1n) is 6.85. The monoisotopic (exact) mass is 298 g/mol. The lowest BCUT2D eigenvalue weighted by molar-refractivity contribution is 0.270. The number of sulfonamides is 1. The van der Waals surface area contributed by atoms with Crippen LogP contribution in [0.4, 0.5) is 0 Å². The summed E-state index contributed by atoms with van der Waals surface area (Å²) >= 11 is 0. The van der Waals surface area contributed by atoms with Gasteiger partial charge in [-0.2, -0.15) is 0 Å². The SMILES string of the molecule is COc1ccc(S(=O)(=O)NC2CC(C)C2)c(CCN)c1. The molecule has 1 saturated carbocycles. The Labute approximate surface area is 120 Å². The standard InChI is InChI=1S/C14H22N2O3S/c1-10-7-12(8-10)16-20(17,18)14-4-3-13(19-2)9-11(14)5-6-15/h3-4,9-10,12,16H,5-8,15H2,1-2H3. The molecule has 1 aromatic rings. The van der Waals surface area contributed by atoms with E-state index in [-0.39, 0.29) is 6.04 Å². The Balaban J connectivity index is 2.25. The van der Waals surface area contributed by atoms with Crippen LogP contribution in [-0.2, 0) is 16.4 Å². The van der Waals surface area contributed by atoms with Gasteiger partial charge in [-0.1, -0.05) is 6.92 Å². The number of nitrogens with two attached hydrogens (primary N) is 1. The van der Waals surface area contributed by atoms with Crippen LogP contribution < -0.4 is 15.2 Å². The topological polar surface area (TPSA) is 81.4 Å². The first-order valence-corrected chi connectivity index (χ1v) is 8.34. The van der Waals surface area contributed by atoms with Crippen molar-refractivity contribution in [1.29, 1.82) is 0 Å².